The highest BCUT2D eigenvalue weighted by Crippen LogP contribution is 2.24. The zero-order chi connectivity index (χ0) is 100. The van der Waals surface area contributed by atoms with Crippen LogP contribution in [0.15, 0.2) is 91.0 Å². The van der Waals surface area contributed by atoms with Crippen molar-refractivity contribution in [1.29, 1.82) is 0 Å². The molecule has 0 aromatic heterocycles. The number of nitrogens with zero attached hydrogens (tertiary/aromatic N) is 13. The lowest BCUT2D eigenvalue weighted by atomic mass is 10.1. The van der Waals surface area contributed by atoms with Gasteiger partial charge in [0.25, 0.3) is 0 Å². The number of hydrogen-bond acceptors (Lipinski definition) is 14. The Morgan fingerprint density at radius 3 is 1.05 bits per heavy atom. The van der Waals surface area contributed by atoms with E-state index in [0.717, 1.165) is 166 Å². The first kappa shape index (κ1) is 139. The molecule has 39 heteroatoms. The van der Waals surface area contributed by atoms with Crippen molar-refractivity contribution in [2.75, 3.05) is 145 Å². The van der Waals surface area contributed by atoms with Gasteiger partial charge in [-0.05, 0) is 206 Å². The van der Waals surface area contributed by atoms with Crippen molar-refractivity contribution in [2.45, 2.75) is 239 Å². The maximum Gasteiger partial charge on any atom is 0.113 e. The molecule has 0 unspecified atom stereocenters. The maximum absolute atomic E-state index is 5.57. The summed E-state index contributed by atoms with van der Waals surface area (Å²) < 4.78 is 0. The third kappa shape index (κ3) is 68.8. The number of hydrogen-bond donors (Lipinski definition) is 0. The van der Waals surface area contributed by atoms with E-state index in [0.29, 0.717) is 18.0 Å². The molecule has 0 atom stereocenters. The van der Waals surface area contributed by atoms with E-state index in [9.17, 15) is 0 Å². The summed E-state index contributed by atoms with van der Waals surface area (Å²) in [6.07, 6.45) is 31.9. The van der Waals surface area contributed by atoms with Gasteiger partial charge in [-0.1, -0.05) is 271 Å². The van der Waals surface area contributed by atoms with Gasteiger partial charge >= 0.3 is 0 Å². The number of piperidine rings is 1. The molecule has 3 heterocycles. The highest BCUT2D eigenvalue weighted by Gasteiger charge is 2.23. The summed E-state index contributed by atoms with van der Waals surface area (Å²) in [4.78, 5) is 43.5. The summed E-state index contributed by atoms with van der Waals surface area (Å²) >= 11 is 66.9. The molecule has 3 saturated heterocycles. The van der Waals surface area contributed by atoms with E-state index in [-0.39, 0.29) is 5.54 Å². The van der Waals surface area contributed by atoms with Crippen LogP contribution in [0.25, 0.3) is 0 Å². The van der Waals surface area contributed by atoms with E-state index in [1.54, 1.807) is 0 Å². The fraction of sp³-hybridized carbons (Fsp3) is 0.656. The van der Waals surface area contributed by atoms with Gasteiger partial charge in [0.2, 0.25) is 0 Å². The van der Waals surface area contributed by atoms with E-state index in [2.05, 4.69) is 197 Å². The van der Waals surface area contributed by atoms with Crippen LogP contribution < -0.4 is 4.90 Å². The van der Waals surface area contributed by atoms with Gasteiger partial charge in [-0.3, -0.25) is 0 Å². The van der Waals surface area contributed by atoms with Crippen molar-refractivity contribution >= 4 is 362 Å². The molecule has 3 aromatic carbocycles. The van der Waals surface area contributed by atoms with Crippen LogP contribution in [0.4, 0.5) is 5.69 Å². The average molecular weight is 2230 g/mol. The van der Waals surface area contributed by atoms with Crippen LogP contribution >= 0.6 is 159 Å². The predicted octanol–water partition coefficient (Wildman–Crippen LogP) is 5.77. The first-order valence-electron chi connectivity index (χ1n) is 48.4. The summed E-state index contributed by atoms with van der Waals surface area (Å²) in [6.45, 7) is 48.1. The lowest BCUT2D eigenvalue weighted by Gasteiger charge is -2.36. The Morgan fingerprint density at radius 1 is 0.403 bits per heavy atom. The number of para-hydroxylation sites is 1. The molecule has 13 nitrogen and oxygen atoms in total. The molecule has 0 amide bonds. The van der Waals surface area contributed by atoms with Crippen molar-refractivity contribution in [1.82, 2.24) is 58.8 Å². The van der Waals surface area contributed by atoms with Crippen LogP contribution in [-0.4, -0.2) is 420 Å². The molecule has 3 aromatic rings. The summed E-state index contributed by atoms with van der Waals surface area (Å²) in [7, 11) is 19.8. The smallest absolute Gasteiger partial charge is 0.113 e. The van der Waals surface area contributed by atoms with Crippen LogP contribution in [0.1, 0.15) is 226 Å². The van der Waals surface area contributed by atoms with Crippen molar-refractivity contribution in [3.05, 3.63) is 102 Å². The van der Waals surface area contributed by atoms with E-state index in [1.165, 1.54) is 264 Å². The second-order valence-electron chi connectivity index (χ2n) is 33.1. The molecule has 4 fully saturated rings. The van der Waals surface area contributed by atoms with Gasteiger partial charge in [-0.15, -0.1) is 0 Å². The van der Waals surface area contributed by atoms with Crippen molar-refractivity contribution < 1.29 is 0 Å². The zero-order valence-electron chi connectivity index (χ0n) is 87.9. The molecular formula is C90H187N13S13Si13. The third-order valence-corrected chi connectivity index (χ3v) is 36.8. The second-order valence-corrected chi connectivity index (χ2v) is 48.0. The zero-order valence-corrected chi connectivity index (χ0v) is 125. The van der Waals surface area contributed by atoms with Gasteiger partial charge in [0.1, 0.15) is 9.98 Å². The molecule has 0 spiro atoms. The summed E-state index contributed by atoms with van der Waals surface area (Å²) in [5.41, 5.74) is 3.67. The topological polar surface area (TPSA) is 42.1 Å². The van der Waals surface area contributed by atoms with Crippen LogP contribution in [-0.2, 0) is 0 Å². The van der Waals surface area contributed by atoms with Gasteiger partial charge in [-0.25, -0.2) is 0 Å². The SMILES string of the molecule is CC(=S)N(C)C[SiH3].CC(=S)N(C)C[SiH3].CC(=S)N(C[SiH3])C(C)(C)C.CC(=S)N(C[SiH3])C(C)C.CC(=S)N(C[SiH3])C1CCCC1.CC(C)C(=S)N(C[SiH3])C(C)C.CCC(=S)N(CC)C[SiH3].CCN(C[SiH3])C(=S)c1ccccc1.CCN(C[SiH3])C(C)=S.[SiH3]CN(C(=S)c1ccccc1)c1ccccc1.[SiH3]CN1CCCC1=S.[SiH3]CN1CCCCC(=S)C1.[SiH3]CN1CCCCC1=S. The Morgan fingerprint density at radius 2 is 0.806 bits per heavy atom. The van der Waals surface area contributed by atoms with Crippen LogP contribution in [0.3, 0.4) is 0 Å². The molecule has 1 saturated carbocycles. The quantitative estimate of drug-likeness (QED) is 0.0806. The highest BCUT2D eigenvalue weighted by atomic mass is 32.1. The molecule has 742 valence electrons. The van der Waals surface area contributed by atoms with E-state index in [1.807, 2.05) is 103 Å². The predicted molar refractivity (Wildman–Crippen MR) is 690 cm³/mol. The molecule has 3 aliphatic heterocycles. The molecule has 129 heavy (non-hydrogen) atoms. The number of rotatable bonds is 24. The number of anilines is 1. The normalized spacial score (nSPS) is 13.2. The van der Waals surface area contributed by atoms with Crippen molar-refractivity contribution in [3.63, 3.8) is 0 Å². The van der Waals surface area contributed by atoms with E-state index in [4.69, 9.17) is 159 Å². The van der Waals surface area contributed by atoms with Gasteiger partial charge in [0.15, 0.2) is 0 Å². The van der Waals surface area contributed by atoms with E-state index >= 15 is 0 Å². The van der Waals surface area contributed by atoms with Crippen LogP contribution in [0, 0.1) is 5.92 Å². The molecule has 7 rings (SSSR count). The van der Waals surface area contributed by atoms with E-state index < -0.39 is 0 Å². The monoisotopic (exact) mass is 2230 g/mol. The standard InChI is InChI=1S/C14H15NSSi.C10H15NSSi.C8H17NSSi.C8H19NSSi.C7H15NSSi.C7H17NSSi.C6H13NSSi.2C6H15NSSi.C5H11NSSi.C5H13NSSi.2C4H11NSSi/c16-14(12-7-3-1-4-8-12)15(11-17)13-9-5-2-6-10-13;1-2-11(8-13)10(12)9-6-4-3-5-7-9;1-7(10)9(6-11)8-4-2-3-5-8;1-6(2)8(10)9(5-11)7(3)4;9-7-3-1-2-4-8(5-7)6-10;1-6(9)8(5-10)7(2,3)4;8-6-3-1-2-4-7(6)5-9;1-5(2)7(4-9)6(3)8;1-3-6(8)7(4-2)5-9;7-5-2-1-3-6(5)4-8;1-3-6(4-8)5(2)7;2*1-4(6)5(2)3-7/h1-10H,11H2,17H3;3-7H,2,8H2,1,13H3;8H,2-6H2,1,11H3;6-7H,5H2,1-4,11H3;1-6H2,10H3;5H2,1-4,10H3;1-5H2,9H3;5H,4H2,1-3,9H3;3-5H2,1-2,9H3;1-4H2,8H3;3-4H2,1-2,8H3;2*3H2,1-2,7H3. The van der Waals surface area contributed by atoms with Crippen molar-refractivity contribution in [2.24, 2.45) is 5.92 Å². The summed E-state index contributed by atoms with van der Waals surface area (Å²) in [5, 5.41) is 0. The summed E-state index contributed by atoms with van der Waals surface area (Å²) in [5.74, 6) is 0.515. The number of likely N-dealkylation sites (tertiary alicyclic amines) is 3. The Bertz CT molecular complexity index is 3470. The van der Waals surface area contributed by atoms with Gasteiger partial charge in [-0.2, -0.15) is 0 Å². The first-order chi connectivity index (χ1) is 60.7. The van der Waals surface area contributed by atoms with Crippen LogP contribution in [0.5, 0.6) is 0 Å². The largest absolute Gasteiger partial charge is 0.373 e. The minimum atomic E-state index is 0.216. The lowest BCUT2D eigenvalue weighted by Crippen LogP contribution is -2.44. The van der Waals surface area contributed by atoms with Crippen molar-refractivity contribution in [3.8, 4) is 0 Å². The third-order valence-electron chi connectivity index (χ3n) is 21.9. The highest BCUT2D eigenvalue weighted by molar-refractivity contribution is 7.82. The Kier molecular flexibility index (Phi) is 94.2. The van der Waals surface area contributed by atoms with Gasteiger partial charge in [0.05, 0.1) is 49.9 Å². The molecular weight excluding hydrogens is 2050 g/mol. The average Bonchev–Trinajstić information content (AvgIpc) is 1.44. The molecule has 0 radical (unpaired) electrons. The van der Waals surface area contributed by atoms with Gasteiger partial charge in [0, 0.05) is 312 Å². The lowest BCUT2D eigenvalue weighted by molar-refractivity contribution is 0.272. The molecule has 4 aliphatic rings. The first-order valence-corrected chi connectivity index (χ1v) is 72.1. The van der Waals surface area contributed by atoms with Crippen LogP contribution in [0.2, 0.25) is 0 Å². The fourth-order valence-corrected chi connectivity index (χ4v) is 31.2. The summed E-state index contributed by atoms with van der Waals surface area (Å²) in [6, 6.07) is 32.7. The minimum absolute atomic E-state index is 0.216. The molecule has 1 aliphatic carbocycles. The van der Waals surface area contributed by atoms with Gasteiger partial charge < -0.3 is 63.7 Å². The number of thiocarbonyl (C=S) groups is 13. The Hall–Kier alpha value is -0.791. The number of benzene rings is 3. The minimum Gasteiger partial charge on any atom is -0.373 e. The second kappa shape index (κ2) is 87.5. The fourth-order valence-electron chi connectivity index (χ4n) is 13.7. The Balaban J connectivity index is -0.000000320. The Labute approximate surface area is 903 Å². The molecule has 0 N–H and O–H groups in total. The molecule has 0 bridgehead atoms. The maximum atomic E-state index is 5.57.